The van der Waals surface area contributed by atoms with Gasteiger partial charge >= 0.3 is 0 Å². The first-order valence-corrected chi connectivity index (χ1v) is 10.4. The first-order valence-electron chi connectivity index (χ1n) is 10.4. The smallest absolute Gasteiger partial charge is 0.246 e. The maximum atomic E-state index is 14.6. The van der Waals surface area contributed by atoms with Crippen molar-refractivity contribution in [3.8, 4) is 11.1 Å². The number of rotatable bonds is 6. The van der Waals surface area contributed by atoms with Crippen LogP contribution in [0.2, 0.25) is 0 Å². The fourth-order valence-electron chi connectivity index (χ4n) is 4.52. The van der Waals surface area contributed by atoms with Crippen molar-refractivity contribution in [3.05, 3.63) is 78.4 Å². The van der Waals surface area contributed by atoms with E-state index >= 15 is 0 Å². The normalized spacial score (nSPS) is 18.2. The SMILES string of the molecule is CNC(=O)C1(Cc2ccccc2-c2ccccc2F)CCCN1C(=O)Cn1cccn1. The third-order valence-electron chi connectivity index (χ3n) is 5.96. The summed E-state index contributed by atoms with van der Waals surface area (Å²) in [6.45, 7) is 0.566. The lowest BCUT2D eigenvalue weighted by Gasteiger charge is -2.37. The Balaban J connectivity index is 1.72. The second-order valence-corrected chi connectivity index (χ2v) is 7.78. The van der Waals surface area contributed by atoms with Crippen molar-refractivity contribution in [2.45, 2.75) is 31.3 Å². The van der Waals surface area contributed by atoms with Crippen molar-refractivity contribution < 1.29 is 14.0 Å². The number of hydrogen-bond acceptors (Lipinski definition) is 3. The highest BCUT2D eigenvalue weighted by Gasteiger charge is 2.49. The zero-order valence-corrected chi connectivity index (χ0v) is 17.4. The van der Waals surface area contributed by atoms with Gasteiger partial charge in [-0.25, -0.2) is 4.39 Å². The van der Waals surface area contributed by atoms with Crippen molar-refractivity contribution in [1.82, 2.24) is 20.0 Å². The molecule has 1 unspecified atom stereocenters. The molecule has 1 aromatic heterocycles. The molecular weight excluding hydrogens is 395 g/mol. The minimum atomic E-state index is -1.03. The maximum Gasteiger partial charge on any atom is 0.246 e. The number of benzene rings is 2. The highest BCUT2D eigenvalue weighted by molar-refractivity contribution is 5.92. The molecule has 1 aliphatic heterocycles. The highest BCUT2D eigenvalue weighted by Crippen LogP contribution is 2.37. The molecule has 0 radical (unpaired) electrons. The lowest BCUT2D eigenvalue weighted by atomic mass is 9.84. The van der Waals surface area contributed by atoms with Crippen LogP contribution in [0.5, 0.6) is 0 Å². The molecule has 1 N–H and O–H groups in total. The van der Waals surface area contributed by atoms with E-state index in [1.165, 1.54) is 6.07 Å². The van der Waals surface area contributed by atoms with Gasteiger partial charge in [-0.3, -0.25) is 14.3 Å². The maximum absolute atomic E-state index is 14.6. The molecule has 4 rings (SSSR count). The van der Waals surface area contributed by atoms with E-state index in [1.54, 1.807) is 53.3 Å². The van der Waals surface area contributed by atoms with Crippen LogP contribution in [0.3, 0.4) is 0 Å². The van der Waals surface area contributed by atoms with Crippen LogP contribution in [0.25, 0.3) is 11.1 Å². The van der Waals surface area contributed by atoms with Gasteiger partial charge in [-0.15, -0.1) is 0 Å². The Hall–Kier alpha value is -3.48. The Morgan fingerprint density at radius 1 is 1.10 bits per heavy atom. The Morgan fingerprint density at radius 2 is 1.84 bits per heavy atom. The van der Waals surface area contributed by atoms with Crippen LogP contribution in [0, 0.1) is 5.82 Å². The van der Waals surface area contributed by atoms with E-state index in [0.717, 1.165) is 17.5 Å². The van der Waals surface area contributed by atoms with E-state index in [9.17, 15) is 14.0 Å². The van der Waals surface area contributed by atoms with Crippen molar-refractivity contribution >= 4 is 11.8 Å². The van der Waals surface area contributed by atoms with Gasteiger partial charge in [0, 0.05) is 38.0 Å². The molecule has 1 aliphatic rings. The average molecular weight is 420 g/mol. The number of likely N-dealkylation sites (tertiary alicyclic amines) is 1. The summed E-state index contributed by atoms with van der Waals surface area (Å²) in [7, 11) is 1.58. The fourth-order valence-corrected chi connectivity index (χ4v) is 4.52. The van der Waals surface area contributed by atoms with Crippen LogP contribution in [0.4, 0.5) is 4.39 Å². The van der Waals surface area contributed by atoms with E-state index in [4.69, 9.17) is 0 Å². The number of aromatic nitrogens is 2. The number of amides is 2. The van der Waals surface area contributed by atoms with Crippen LogP contribution in [-0.2, 0) is 22.6 Å². The summed E-state index contributed by atoms with van der Waals surface area (Å²) < 4.78 is 16.1. The summed E-state index contributed by atoms with van der Waals surface area (Å²) in [6.07, 6.45) is 4.92. The molecule has 1 saturated heterocycles. The van der Waals surface area contributed by atoms with Crippen molar-refractivity contribution in [3.63, 3.8) is 0 Å². The number of carbonyl (C=O) groups is 2. The lowest BCUT2D eigenvalue weighted by molar-refractivity contribution is -0.145. The third-order valence-corrected chi connectivity index (χ3v) is 5.96. The summed E-state index contributed by atoms with van der Waals surface area (Å²) in [6, 6.07) is 15.9. The predicted molar refractivity (Wildman–Crippen MR) is 116 cm³/mol. The van der Waals surface area contributed by atoms with Gasteiger partial charge in [-0.2, -0.15) is 5.10 Å². The zero-order chi connectivity index (χ0) is 21.8. The number of carbonyl (C=O) groups excluding carboxylic acids is 2. The van der Waals surface area contributed by atoms with Crippen LogP contribution < -0.4 is 5.32 Å². The largest absolute Gasteiger partial charge is 0.357 e. The zero-order valence-electron chi connectivity index (χ0n) is 17.4. The summed E-state index contributed by atoms with van der Waals surface area (Å²) >= 11 is 0. The second-order valence-electron chi connectivity index (χ2n) is 7.78. The van der Waals surface area contributed by atoms with E-state index in [-0.39, 0.29) is 24.2 Å². The Kier molecular flexibility index (Phi) is 5.84. The van der Waals surface area contributed by atoms with E-state index in [0.29, 0.717) is 24.9 Å². The van der Waals surface area contributed by atoms with Gasteiger partial charge in [0.1, 0.15) is 17.9 Å². The van der Waals surface area contributed by atoms with Gasteiger partial charge in [0.15, 0.2) is 0 Å². The van der Waals surface area contributed by atoms with Gasteiger partial charge in [-0.1, -0.05) is 42.5 Å². The topological polar surface area (TPSA) is 67.2 Å². The molecule has 160 valence electrons. The molecule has 1 fully saturated rings. The van der Waals surface area contributed by atoms with Crippen molar-refractivity contribution in [1.29, 1.82) is 0 Å². The quantitative estimate of drug-likeness (QED) is 0.667. The number of hydrogen-bond donors (Lipinski definition) is 1. The summed E-state index contributed by atoms with van der Waals surface area (Å²) in [5.41, 5.74) is 1.02. The molecule has 3 aromatic rings. The Labute approximate surface area is 180 Å². The number of likely N-dealkylation sites (N-methyl/N-ethyl adjacent to an activating group) is 1. The van der Waals surface area contributed by atoms with Crippen molar-refractivity contribution in [2.24, 2.45) is 0 Å². The van der Waals surface area contributed by atoms with Gasteiger partial charge in [-0.05, 0) is 36.1 Å². The molecule has 2 heterocycles. The van der Waals surface area contributed by atoms with Crippen LogP contribution in [0.1, 0.15) is 18.4 Å². The summed E-state index contributed by atoms with van der Waals surface area (Å²) in [5, 5.41) is 6.87. The van der Waals surface area contributed by atoms with E-state index < -0.39 is 5.54 Å². The minimum Gasteiger partial charge on any atom is -0.357 e. The number of nitrogens with zero attached hydrogens (tertiary/aromatic N) is 3. The number of nitrogens with one attached hydrogen (secondary N) is 1. The first kappa shape index (κ1) is 20.8. The highest BCUT2D eigenvalue weighted by atomic mass is 19.1. The van der Waals surface area contributed by atoms with E-state index in [2.05, 4.69) is 10.4 Å². The molecule has 0 spiro atoms. The third kappa shape index (κ3) is 3.95. The minimum absolute atomic E-state index is 0.0701. The van der Waals surface area contributed by atoms with Crippen LogP contribution >= 0.6 is 0 Å². The lowest BCUT2D eigenvalue weighted by Crippen LogP contribution is -2.58. The molecule has 6 nitrogen and oxygen atoms in total. The van der Waals surface area contributed by atoms with Gasteiger partial charge in [0.05, 0.1) is 0 Å². The van der Waals surface area contributed by atoms with Crippen LogP contribution in [-0.4, -0.2) is 45.6 Å². The molecule has 2 amide bonds. The van der Waals surface area contributed by atoms with Crippen molar-refractivity contribution in [2.75, 3.05) is 13.6 Å². The summed E-state index contributed by atoms with van der Waals surface area (Å²) in [4.78, 5) is 28.0. The molecule has 31 heavy (non-hydrogen) atoms. The average Bonchev–Trinajstić information content (AvgIpc) is 3.44. The Bertz CT molecular complexity index is 1080. The van der Waals surface area contributed by atoms with Gasteiger partial charge in [0.25, 0.3) is 0 Å². The van der Waals surface area contributed by atoms with E-state index in [1.807, 2.05) is 24.3 Å². The monoisotopic (exact) mass is 420 g/mol. The fraction of sp³-hybridized carbons (Fsp3) is 0.292. The molecule has 0 aliphatic carbocycles. The molecular formula is C24H25FN4O2. The predicted octanol–water partition coefficient (Wildman–Crippen LogP) is 3.04. The van der Waals surface area contributed by atoms with Gasteiger partial charge in [0.2, 0.25) is 11.8 Å². The molecule has 2 aromatic carbocycles. The summed E-state index contributed by atoms with van der Waals surface area (Å²) in [5.74, 6) is -0.683. The molecule has 0 bridgehead atoms. The number of halogens is 1. The second kappa shape index (κ2) is 8.71. The van der Waals surface area contributed by atoms with Gasteiger partial charge < -0.3 is 10.2 Å². The standard InChI is InChI=1S/C24H25FN4O2/c1-26-23(31)24(12-6-15-29(24)22(30)17-28-14-7-13-27-28)16-18-8-2-3-9-19(18)20-10-4-5-11-21(20)25/h2-5,7-11,13-14H,6,12,15-17H2,1H3,(H,26,31). The molecule has 0 saturated carbocycles. The Morgan fingerprint density at radius 3 is 2.55 bits per heavy atom. The first-order chi connectivity index (χ1) is 15.0. The molecule has 7 heteroatoms. The molecule has 1 atom stereocenters. The van der Waals surface area contributed by atoms with Crippen LogP contribution in [0.15, 0.2) is 67.0 Å².